The van der Waals surface area contributed by atoms with Crippen LogP contribution in [0.25, 0.3) is 0 Å². The van der Waals surface area contributed by atoms with Crippen LogP contribution in [0.2, 0.25) is 0 Å². The van der Waals surface area contributed by atoms with Gasteiger partial charge in [0.2, 0.25) is 0 Å². The van der Waals surface area contributed by atoms with Gasteiger partial charge < -0.3 is 4.74 Å². The summed E-state index contributed by atoms with van der Waals surface area (Å²) in [6, 6.07) is 11.1. The number of hydrogen-bond acceptors (Lipinski definition) is 2. The molecule has 3 heteroatoms. The molecule has 0 aromatic heterocycles. The molecule has 0 fully saturated rings. The van der Waals surface area contributed by atoms with Gasteiger partial charge in [0, 0.05) is 4.90 Å². The molecule has 0 saturated carbocycles. The Morgan fingerprint density at radius 1 is 0.958 bits per heavy atom. The average Bonchev–Trinajstić information content (AvgIpc) is 2.53. The molecule has 2 aromatic rings. The third-order valence-electron chi connectivity index (χ3n) is 3.71. The lowest BCUT2D eigenvalue weighted by molar-refractivity contribution is 0.236. The molecule has 0 N–H and O–H groups in total. The van der Waals surface area contributed by atoms with Crippen LogP contribution in [0.5, 0.6) is 5.75 Å². The number of ether oxygens (including phenoxy) is 1. The fourth-order valence-electron chi connectivity index (χ4n) is 2.70. The molecule has 0 radical (unpaired) electrons. The molecule has 0 heterocycles. The van der Waals surface area contributed by atoms with E-state index in [0.29, 0.717) is 0 Å². The minimum Gasteiger partial charge on any atom is -0.490 e. The van der Waals surface area contributed by atoms with Crippen LogP contribution in [0.15, 0.2) is 46.2 Å². The van der Waals surface area contributed by atoms with Crippen LogP contribution in [0, 0.1) is 5.82 Å². The van der Waals surface area contributed by atoms with Gasteiger partial charge in [0.25, 0.3) is 0 Å². The second kappa shape index (κ2) is 9.12. The molecule has 1 nitrogen and oxygen atoms in total. The molecule has 0 atom stereocenters. The summed E-state index contributed by atoms with van der Waals surface area (Å²) in [4.78, 5) is 2.13. The van der Waals surface area contributed by atoms with Crippen LogP contribution < -0.4 is 4.74 Å². The van der Waals surface area contributed by atoms with E-state index in [4.69, 9.17) is 4.74 Å². The molecule has 2 aromatic carbocycles. The van der Waals surface area contributed by atoms with Crippen molar-refractivity contribution in [3.63, 3.8) is 0 Å². The van der Waals surface area contributed by atoms with Crippen LogP contribution in [0.1, 0.15) is 51.7 Å². The van der Waals surface area contributed by atoms with Crippen LogP contribution in [-0.4, -0.2) is 6.10 Å². The quantitative estimate of drug-likeness (QED) is 0.528. The maximum atomic E-state index is 13.1. The highest BCUT2D eigenvalue weighted by Gasteiger charge is 2.13. The molecule has 0 aliphatic carbocycles. The lowest BCUT2D eigenvalue weighted by Crippen LogP contribution is -2.08. The van der Waals surface area contributed by atoms with Crippen molar-refractivity contribution in [3.05, 3.63) is 53.3 Å². The average molecular weight is 347 g/mol. The van der Waals surface area contributed by atoms with E-state index in [9.17, 15) is 4.39 Å². The number of rotatable bonds is 8. The third-order valence-corrected chi connectivity index (χ3v) is 4.76. The zero-order valence-corrected chi connectivity index (χ0v) is 15.9. The summed E-state index contributed by atoms with van der Waals surface area (Å²) in [7, 11) is 0. The van der Waals surface area contributed by atoms with Crippen molar-refractivity contribution in [2.75, 3.05) is 0 Å². The number of halogens is 1. The van der Waals surface area contributed by atoms with E-state index < -0.39 is 0 Å². The Bertz CT molecular complexity index is 650. The summed E-state index contributed by atoms with van der Waals surface area (Å²) < 4.78 is 19.2. The Hall–Kier alpha value is -1.48. The first-order valence-electron chi connectivity index (χ1n) is 8.79. The highest BCUT2D eigenvalue weighted by Crippen LogP contribution is 2.38. The predicted molar refractivity (Wildman–Crippen MR) is 101 cm³/mol. The molecular weight excluding hydrogens is 319 g/mol. The van der Waals surface area contributed by atoms with E-state index in [1.54, 1.807) is 11.8 Å². The highest BCUT2D eigenvalue weighted by molar-refractivity contribution is 7.99. The Labute approximate surface area is 149 Å². The molecule has 130 valence electrons. The van der Waals surface area contributed by atoms with Gasteiger partial charge in [-0.05, 0) is 74.2 Å². The maximum Gasteiger partial charge on any atom is 0.133 e. The maximum absolute atomic E-state index is 13.1. The first-order valence-corrected chi connectivity index (χ1v) is 9.61. The Kier molecular flexibility index (Phi) is 7.16. The van der Waals surface area contributed by atoms with Crippen LogP contribution in [0.4, 0.5) is 4.39 Å². The summed E-state index contributed by atoms with van der Waals surface area (Å²) in [5.41, 5.74) is 2.79. The Balaban J connectivity index is 2.41. The van der Waals surface area contributed by atoms with Crippen molar-refractivity contribution in [2.45, 2.75) is 69.3 Å². The fourth-order valence-corrected chi connectivity index (χ4v) is 3.64. The molecule has 24 heavy (non-hydrogen) atoms. The molecule has 0 aliphatic rings. The molecule has 0 bridgehead atoms. The SMILES string of the molecule is CCCc1cc(OC(C)C)c(Sc2ccc(F)cc2)cc1CCC. The summed E-state index contributed by atoms with van der Waals surface area (Å²) in [5, 5.41) is 0. The van der Waals surface area contributed by atoms with Gasteiger partial charge in [-0.1, -0.05) is 38.5 Å². The number of aryl methyl sites for hydroxylation is 2. The van der Waals surface area contributed by atoms with Crippen molar-refractivity contribution in [1.29, 1.82) is 0 Å². The van der Waals surface area contributed by atoms with E-state index in [2.05, 4.69) is 26.0 Å². The zero-order chi connectivity index (χ0) is 17.5. The molecule has 0 amide bonds. The topological polar surface area (TPSA) is 9.23 Å². The smallest absolute Gasteiger partial charge is 0.133 e. The van der Waals surface area contributed by atoms with Gasteiger partial charge in [-0.2, -0.15) is 0 Å². The van der Waals surface area contributed by atoms with Gasteiger partial charge in [-0.25, -0.2) is 4.39 Å². The second-order valence-electron chi connectivity index (χ2n) is 6.29. The predicted octanol–water partition coefficient (Wildman–Crippen LogP) is 6.67. The van der Waals surface area contributed by atoms with Crippen LogP contribution in [0.3, 0.4) is 0 Å². The van der Waals surface area contributed by atoms with Gasteiger partial charge >= 0.3 is 0 Å². The molecule has 0 saturated heterocycles. The van der Waals surface area contributed by atoms with Gasteiger partial charge in [-0.15, -0.1) is 0 Å². The van der Waals surface area contributed by atoms with E-state index in [1.807, 2.05) is 26.0 Å². The van der Waals surface area contributed by atoms with E-state index in [1.165, 1.54) is 23.3 Å². The fraction of sp³-hybridized carbons (Fsp3) is 0.429. The van der Waals surface area contributed by atoms with Crippen molar-refractivity contribution in [2.24, 2.45) is 0 Å². The Morgan fingerprint density at radius 2 is 1.54 bits per heavy atom. The largest absolute Gasteiger partial charge is 0.490 e. The minimum atomic E-state index is -0.206. The summed E-state index contributed by atoms with van der Waals surface area (Å²) >= 11 is 1.64. The van der Waals surface area contributed by atoms with E-state index >= 15 is 0 Å². The molecule has 0 spiro atoms. The van der Waals surface area contributed by atoms with Crippen molar-refractivity contribution in [3.8, 4) is 5.75 Å². The third kappa shape index (κ3) is 5.27. The number of hydrogen-bond donors (Lipinski definition) is 0. The first kappa shape index (κ1) is 18.9. The normalized spacial score (nSPS) is 11.1. The van der Waals surface area contributed by atoms with E-state index in [0.717, 1.165) is 41.2 Å². The number of benzene rings is 2. The Morgan fingerprint density at radius 3 is 2.08 bits per heavy atom. The minimum absolute atomic E-state index is 0.129. The molecule has 0 unspecified atom stereocenters. The highest BCUT2D eigenvalue weighted by atomic mass is 32.2. The summed E-state index contributed by atoms with van der Waals surface area (Å²) in [6.07, 6.45) is 4.54. The van der Waals surface area contributed by atoms with Crippen molar-refractivity contribution in [1.82, 2.24) is 0 Å². The standard InChI is InChI=1S/C21H27FOS/c1-5-7-16-13-20(23-15(3)4)21(14-17(16)8-6-2)24-19-11-9-18(22)10-12-19/h9-15H,5-8H2,1-4H3. The van der Waals surface area contributed by atoms with Crippen LogP contribution in [-0.2, 0) is 12.8 Å². The lowest BCUT2D eigenvalue weighted by Gasteiger charge is -2.18. The first-order chi connectivity index (χ1) is 11.5. The monoisotopic (exact) mass is 346 g/mol. The lowest BCUT2D eigenvalue weighted by atomic mass is 9.99. The van der Waals surface area contributed by atoms with Gasteiger partial charge in [0.1, 0.15) is 11.6 Å². The summed E-state index contributed by atoms with van der Waals surface area (Å²) in [6.45, 7) is 8.51. The molecule has 2 rings (SSSR count). The van der Waals surface area contributed by atoms with E-state index in [-0.39, 0.29) is 11.9 Å². The van der Waals surface area contributed by atoms with Gasteiger partial charge in [-0.3, -0.25) is 0 Å². The zero-order valence-electron chi connectivity index (χ0n) is 15.1. The van der Waals surface area contributed by atoms with Gasteiger partial charge in [0.05, 0.1) is 11.0 Å². The molecular formula is C21H27FOS. The van der Waals surface area contributed by atoms with Crippen molar-refractivity contribution < 1.29 is 9.13 Å². The van der Waals surface area contributed by atoms with Gasteiger partial charge in [0.15, 0.2) is 0 Å². The summed E-state index contributed by atoms with van der Waals surface area (Å²) in [5.74, 6) is 0.727. The van der Waals surface area contributed by atoms with Crippen LogP contribution >= 0.6 is 11.8 Å². The second-order valence-corrected chi connectivity index (χ2v) is 7.41. The molecule has 0 aliphatic heterocycles. The van der Waals surface area contributed by atoms with Crippen molar-refractivity contribution >= 4 is 11.8 Å².